The number of hydrogen-bond acceptors (Lipinski definition) is 3. The molecule has 1 aliphatic heterocycles. The van der Waals surface area contributed by atoms with Crippen LogP contribution in [0.2, 0.25) is 0 Å². The summed E-state index contributed by atoms with van der Waals surface area (Å²) in [5.74, 6) is 5.68. The molecule has 0 aliphatic carbocycles. The molecule has 0 radical (unpaired) electrons. The molecule has 2 rings (SSSR count). The van der Waals surface area contributed by atoms with Gasteiger partial charge in [-0.3, -0.25) is 0 Å². The second-order valence-corrected chi connectivity index (χ2v) is 8.38. The number of rotatable bonds is 6. The maximum atomic E-state index is 12.6. The summed E-state index contributed by atoms with van der Waals surface area (Å²) >= 11 is 0. The molecule has 1 saturated heterocycles. The molecule has 0 spiro atoms. The molecule has 0 N–H and O–H groups in total. The van der Waals surface area contributed by atoms with Crippen LogP contribution in [0.4, 0.5) is 18.9 Å². The predicted octanol–water partition coefficient (Wildman–Crippen LogP) is 4.25. The number of alkyl halides is 3. The number of benzene rings is 1. The van der Waals surface area contributed by atoms with Crippen LogP contribution in [0.15, 0.2) is 35.7 Å². The standard InChI is InChI=1S/C20H25F3N2O2S/c1-2-3-4-5-6-7-8-17-28(26,27)25-15-13-24(14-16-25)19-11-9-18(10-12-19)20(21,22)23/h8-12,17H,2-5,13-16H2,1H3. The average Bonchev–Trinajstić information content (AvgIpc) is 2.67. The molecule has 0 aromatic heterocycles. The minimum atomic E-state index is -4.36. The van der Waals surface area contributed by atoms with Crippen molar-refractivity contribution in [2.45, 2.75) is 38.8 Å². The van der Waals surface area contributed by atoms with E-state index in [9.17, 15) is 21.6 Å². The Morgan fingerprint density at radius 1 is 1.07 bits per heavy atom. The number of unbranched alkanes of at least 4 members (excludes halogenated alkanes) is 3. The van der Waals surface area contributed by atoms with Crippen LogP contribution in [0.25, 0.3) is 0 Å². The van der Waals surface area contributed by atoms with Gasteiger partial charge in [-0.25, -0.2) is 8.42 Å². The fourth-order valence-electron chi connectivity index (χ4n) is 2.86. The van der Waals surface area contributed by atoms with Crippen molar-refractivity contribution in [1.29, 1.82) is 0 Å². The summed E-state index contributed by atoms with van der Waals surface area (Å²) in [6, 6.07) is 4.92. The van der Waals surface area contributed by atoms with Crippen LogP contribution in [0.1, 0.15) is 38.2 Å². The van der Waals surface area contributed by atoms with Crippen molar-refractivity contribution in [3.8, 4) is 11.8 Å². The number of hydrogen-bond donors (Lipinski definition) is 0. The van der Waals surface area contributed by atoms with Crippen molar-refractivity contribution in [3.63, 3.8) is 0 Å². The Morgan fingerprint density at radius 3 is 2.29 bits per heavy atom. The maximum absolute atomic E-state index is 12.6. The highest BCUT2D eigenvalue weighted by atomic mass is 32.2. The molecular weight excluding hydrogens is 389 g/mol. The molecule has 154 valence electrons. The van der Waals surface area contributed by atoms with Crippen LogP contribution in [0, 0.1) is 11.8 Å². The summed E-state index contributed by atoms with van der Waals surface area (Å²) in [7, 11) is -3.54. The van der Waals surface area contributed by atoms with Crippen molar-refractivity contribution in [2.24, 2.45) is 0 Å². The Balaban J connectivity index is 1.88. The first-order valence-corrected chi connectivity index (χ1v) is 10.8. The van der Waals surface area contributed by atoms with Crippen LogP contribution in [-0.4, -0.2) is 38.9 Å². The highest BCUT2D eigenvalue weighted by Gasteiger charge is 2.30. The topological polar surface area (TPSA) is 40.6 Å². The molecule has 0 atom stereocenters. The Hall–Kier alpha value is -1.98. The summed E-state index contributed by atoms with van der Waals surface area (Å²) in [5.41, 5.74) is -0.0445. The molecule has 1 aromatic rings. The van der Waals surface area contributed by atoms with Crippen molar-refractivity contribution < 1.29 is 21.6 Å². The lowest BCUT2D eigenvalue weighted by atomic mass is 10.2. The van der Waals surface area contributed by atoms with Crippen molar-refractivity contribution in [3.05, 3.63) is 41.3 Å². The summed E-state index contributed by atoms with van der Waals surface area (Å²) in [4.78, 5) is 1.88. The third-order valence-corrected chi connectivity index (χ3v) is 6.05. The molecule has 1 heterocycles. The van der Waals surface area contributed by atoms with Crippen molar-refractivity contribution in [2.75, 3.05) is 31.1 Å². The molecule has 0 saturated carbocycles. The van der Waals surface area contributed by atoms with Gasteiger partial charge in [-0.2, -0.15) is 17.5 Å². The number of piperazine rings is 1. The molecule has 28 heavy (non-hydrogen) atoms. The normalized spacial score (nSPS) is 16.2. The second kappa shape index (κ2) is 9.99. The summed E-state index contributed by atoms with van der Waals surface area (Å²) in [5, 5.41) is 1.12. The third kappa shape index (κ3) is 6.57. The van der Waals surface area contributed by atoms with Gasteiger partial charge in [0.05, 0.1) is 11.0 Å². The van der Waals surface area contributed by atoms with Gasteiger partial charge in [0, 0.05) is 44.4 Å². The molecule has 4 nitrogen and oxygen atoms in total. The predicted molar refractivity (Wildman–Crippen MR) is 105 cm³/mol. The van der Waals surface area contributed by atoms with Gasteiger partial charge in [-0.05, 0) is 30.7 Å². The highest BCUT2D eigenvalue weighted by Crippen LogP contribution is 2.30. The van der Waals surface area contributed by atoms with E-state index < -0.39 is 21.8 Å². The lowest BCUT2D eigenvalue weighted by molar-refractivity contribution is -0.137. The molecule has 8 heteroatoms. The van der Waals surface area contributed by atoms with Gasteiger partial charge in [0.15, 0.2) is 0 Å². The van der Waals surface area contributed by atoms with Crippen LogP contribution < -0.4 is 4.90 Å². The second-order valence-electron chi connectivity index (χ2n) is 6.56. The zero-order valence-corrected chi connectivity index (χ0v) is 16.7. The van der Waals surface area contributed by atoms with Gasteiger partial charge in [-0.1, -0.05) is 31.6 Å². The minimum Gasteiger partial charge on any atom is -0.369 e. The summed E-state index contributed by atoms with van der Waals surface area (Å²) in [6.45, 7) is 3.49. The van der Waals surface area contributed by atoms with E-state index >= 15 is 0 Å². The van der Waals surface area contributed by atoms with Crippen LogP contribution in [0.3, 0.4) is 0 Å². The highest BCUT2D eigenvalue weighted by molar-refractivity contribution is 7.92. The van der Waals surface area contributed by atoms with Gasteiger partial charge < -0.3 is 4.90 Å². The quantitative estimate of drug-likeness (QED) is 0.516. The van der Waals surface area contributed by atoms with Crippen LogP contribution >= 0.6 is 0 Å². The van der Waals surface area contributed by atoms with E-state index in [1.807, 2.05) is 4.90 Å². The van der Waals surface area contributed by atoms with E-state index in [4.69, 9.17) is 0 Å². The van der Waals surface area contributed by atoms with Crippen LogP contribution in [-0.2, 0) is 16.2 Å². The molecule has 1 aliphatic rings. The SMILES string of the molecule is CCCCCC#CC=CS(=O)(=O)N1CCN(c2ccc(C(F)(F)F)cc2)CC1. The average molecular weight is 414 g/mol. The first-order chi connectivity index (χ1) is 13.2. The van der Waals surface area contributed by atoms with Crippen molar-refractivity contribution in [1.82, 2.24) is 4.31 Å². The van der Waals surface area contributed by atoms with Crippen LogP contribution in [0.5, 0.6) is 0 Å². The maximum Gasteiger partial charge on any atom is 0.416 e. The lowest BCUT2D eigenvalue weighted by Gasteiger charge is -2.34. The first-order valence-electron chi connectivity index (χ1n) is 9.31. The number of allylic oxidation sites excluding steroid dienone is 1. The van der Waals surface area contributed by atoms with Gasteiger partial charge in [0.2, 0.25) is 10.0 Å². The van der Waals surface area contributed by atoms with Gasteiger partial charge in [-0.15, -0.1) is 0 Å². The minimum absolute atomic E-state index is 0.275. The summed E-state index contributed by atoms with van der Waals surface area (Å²) in [6.07, 6.45) is 0.990. The molecule has 1 aromatic carbocycles. The summed E-state index contributed by atoms with van der Waals surface area (Å²) < 4.78 is 64.0. The smallest absolute Gasteiger partial charge is 0.369 e. The van der Waals surface area contributed by atoms with E-state index in [0.717, 1.165) is 43.2 Å². The Labute approximate surface area is 165 Å². The zero-order chi connectivity index (χ0) is 20.6. The Bertz CT molecular complexity index is 814. The number of anilines is 1. The Kier molecular flexibility index (Phi) is 7.96. The molecule has 0 unspecified atom stereocenters. The van der Waals surface area contributed by atoms with Gasteiger partial charge >= 0.3 is 6.18 Å². The van der Waals surface area contributed by atoms with Gasteiger partial charge in [0.1, 0.15) is 0 Å². The monoisotopic (exact) mass is 414 g/mol. The Morgan fingerprint density at radius 2 is 1.71 bits per heavy atom. The lowest BCUT2D eigenvalue weighted by Crippen LogP contribution is -2.48. The largest absolute Gasteiger partial charge is 0.416 e. The molecule has 0 bridgehead atoms. The van der Waals surface area contributed by atoms with E-state index in [0.29, 0.717) is 18.8 Å². The zero-order valence-electron chi connectivity index (χ0n) is 15.9. The van der Waals surface area contributed by atoms with E-state index in [1.54, 1.807) is 0 Å². The fourth-order valence-corrected chi connectivity index (χ4v) is 3.95. The number of nitrogens with zero attached hydrogens (tertiary/aromatic N) is 2. The number of halogens is 3. The molecule has 1 fully saturated rings. The number of sulfonamides is 1. The molecular formula is C20H25F3N2O2S. The van der Waals surface area contributed by atoms with E-state index in [1.165, 1.54) is 22.5 Å². The van der Waals surface area contributed by atoms with Gasteiger partial charge in [0.25, 0.3) is 0 Å². The third-order valence-electron chi connectivity index (χ3n) is 4.49. The van der Waals surface area contributed by atoms with E-state index in [-0.39, 0.29) is 13.1 Å². The first kappa shape index (κ1) is 22.3. The van der Waals surface area contributed by atoms with E-state index in [2.05, 4.69) is 18.8 Å². The molecule has 0 amide bonds. The fraction of sp³-hybridized carbons (Fsp3) is 0.500. The van der Waals surface area contributed by atoms with Crippen molar-refractivity contribution >= 4 is 15.7 Å².